The fourth-order valence-electron chi connectivity index (χ4n) is 3.09. The van der Waals surface area contributed by atoms with Gasteiger partial charge >= 0.3 is 14.2 Å². The number of hydrogen-bond acceptors (Lipinski definition) is 4. The second-order valence-corrected chi connectivity index (χ2v) is 5.64. The average molecular weight is 296 g/mol. The molecule has 0 amide bonds. The second kappa shape index (κ2) is 6.42. The van der Waals surface area contributed by atoms with Crippen LogP contribution in [0.1, 0.15) is 12.8 Å². The van der Waals surface area contributed by atoms with Crippen molar-refractivity contribution in [3.05, 3.63) is 36.4 Å². The fraction of sp³-hybridized carbons (Fsp3) is 0.375. The summed E-state index contributed by atoms with van der Waals surface area (Å²) in [7, 11) is -0.554. The normalized spacial score (nSPS) is 19.6. The van der Waals surface area contributed by atoms with E-state index in [9.17, 15) is 0 Å². The molecule has 0 atom stereocenters. The van der Waals surface area contributed by atoms with Gasteiger partial charge in [-0.3, -0.25) is 0 Å². The van der Waals surface area contributed by atoms with Crippen LogP contribution in [-0.2, 0) is 18.6 Å². The Balaban J connectivity index is 1.77. The molecule has 2 aromatic rings. The molecule has 112 valence electrons. The molecule has 2 aliphatic rings. The Morgan fingerprint density at radius 2 is 1.00 bits per heavy atom. The maximum absolute atomic E-state index is 5.77. The van der Waals surface area contributed by atoms with Crippen LogP contribution in [0.5, 0.6) is 0 Å². The van der Waals surface area contributed by atoms with Crippen LogP contribution in [0.15, 0.2) is 36.4 Å². The van der Waals surface area contributed by atoms with Gasteiger partial charge in [0.25, 0.3) is 0 Å². The second-order valence-electron chi connectivity index (χ2n) is 5.64. The van der Waals surface area contributed by atoms with Crippen LogP contribution in [0.25, 0.3) is 10.8 Å². The molecule has 0 bridgehead atoms. The number of benzene rings is 2. The first kappa shape index (κ1) is 14.3. The van der Waals surface area contributed by atoms with Crippen LogP contribution in [0, 0.1) is 0 Å². The standard InChI is InChI=1S/C16H18B2O4/c1-2-6-14-13(5-1)15(17-19-9-3-10-20-17)7-8-16(14)18-21-11-4-12-22-18/h1-2,5-8H,3-4,9-12H2. The summed E-state index contributed by atoms with van der Waals surface area (Å²) in [6.45, 7) is 2.98. The molecule has 2 aromatic carbocycles. The molecule has 0 aliphatic carbocycles. The van der Waals surface area contributed by atoms with Gasteiger partial charge in [-0.1, -0.05) is 36.4 Å². The van der Waals surface area contributed by atoms with Gasteiger partial charge in [-0.2, -0.15) is 0 Å². The van der Waals surface area contributed by atoms with Gasteiger partial charge in [0.1, 0.15) is 0 Å². The van der Waals surface area contributed by atoms with E-state index in [2.05, 4.69) is 24.3 Å². The molecule has 0 aromatic heterocycles. The van der Waals surface area contributed by atoms with Crippen LogP contribution in [-0.4, -0.2) is 40.7 Å². The van der Waals surface area contributed by atoms with E-state index in [0.717, 1.165) is 61.0 Å². The fourth-order valence-corrected chi connectivity index (χ4v) is 3.09. The van der Waals surface area contributed by atoms with E-state index < -0.39 is 0 Å². The van der Waals surface area contributed by atoms with Crippen molar-refractivity contribution < 1.29 is 18.6 Å². The number of fused-ring (bicyclic) bond motifs is 1. The van der Waals surface area contributed by atoms with Crippen LogP contribution < -0.4 is 10.9 Å². The molecule has 2 heterocycles. The summed E-state index contributed by atoms with van der Waals surface area (Å²) in [5.74, 6) is 0. The van der Waals surface area contributed by atoms with Crippen molar-refractivity contribution in [1.82, 2.24) is 0 Å². The summed E-state index contributed by atoms with van der Waals surface area (Å²) in [6.07, 6.45) is 1.91. The van der Waals surface area contributed by atoms with E-state index in [1.807, 2.05) is 12.1 Å². The maximum atomic E-state index is 5.77. The van der Waals surface area contributed by atoms with E-state index in [0.29, 0.717) is 0 Å². The van der Waals surface area contributed by atoms with Gasteiger partial charge in [0.2, 0.25) is 0 Å². The number of rotatable bonds is 2. The molecule has 2 aliphatic heterocycles. The number of hydrogen-bond donors (Lipinski definition) is 0. The molecule has 0 spiro atoms. The minimum absolute atomic E-state index is 0.277. The van der Waals surface area contributed by atoms with E-state index in [-0.39, 0.29) is 14.2 Å². The quantitative estimate of drug-likeness (QED) is 0.778. The van der Waals surface area contributed by atoms with Crippen molar-refractivity contribution in [2.24, 2.45) is 0 Å². The Labute approximate surface area is 131 Å². The SMILES string of the molecule is c1ccc2c(B3OCCCO3)ccc(B3OCCCO3)c2c1. The molecule has 2 fully saturated rings. The van der Waals surface area contributed by atoms with Crippen LogP contribution >= 0.6 is 0 Å². The molecule has 0 saturated carbocycles. The third-order valence-electron chi connectivity index (χ3n) is 4.15. The van der Waals surface area contributed by atoms with Gasteiger partial charge in [-0.25, -0.2) is 0 Å². The van der Waals surface area contributed by atoms with E-state index in [1.54, 1.807) is 0 Å². The highest BCUT2D eigenvalue weighted by Gasteiger charge is 2.30. The predicted octanol–water partition coefficient (Wildman–Crippen LogP) is 1.10. The zero-order valence-electron chi connectivity index (χ0n) is 12.5. The summed E-state index contributed by atoms with van der Waals surface area (Å²) in [5.41, 5.74) is 2.16. The molecule has 22 heavy (non-hydrogen) atoms. The van der Waals surface area contributed by atoms with Gasteiger partial charge in [0.05, 0.1) is 0 Å². The van der Waals surface area contributed by atoms with Crippen molar-refractivity contribution in [3.63, 3.8) is 0 Å². The molecule has 0 radical (unpaired) electrons. The van der Waals surface area contributed by atoms with Crippen LogP contribution in [0.4, 0.5) is 0 Å². The largest absolute Gasteiger partial charge is 0.494 e. The Morgan fingerprint density at radius 1 is 0.591 bits per heavy atom. The zero-order chi connectivity index (χ0) is 14.8. The topological polar surface area (TPSA) is 36.9 Å². The molecule has 0 unspecified atom stereocenters. The molecule has 4 rings (SSSR count). The predicted molar refractivity (Wildman–Crippen MR) is 87.8 cm³/mol. The Kier molecular flexibility index (Phi) is 4.17. The van der Waals surface area contributed by atoms with Crippen LogP contribution in [0.3, 0.4) is 0 Å². The van der Waals surface area contributed by atoms with Gasteiger partial charge < -0.3 is 18.6 Å². The van der Waals surface area contributed by atoms with E-state index in [4.69, 9.17) is 18.6 Å². The highest BCUT2D eigenvalue weighted by atomic mass is 16.6. The lowest BCUT2D eigenvalue weighted by Gasteiger charge is -2.24. The minimum atomic E-state index is -0.277. The molecular formula is C16H18B2O4. The third kappa shape index (κ3) is 2.68. The molecule has 0 N–H and O–H groups in total. The lowest BCUT2D eigenvalue weighted by Crippen LogP contribution is -2.45. The molecule has 2 saturated heterocycles. The van der Waals surface area contributed by atoms with Gasteiger partial charge in [0, 0.05) is 26.4 Å². The minimum Gasteiger partial charge on any atom is -0.407 e. The zero-order valence-corrected chi connectivity index (χ0v) is 12.5. The van der Waals surface area contributed by atoms with Crippen molar-refractivity contribution >= 4 is 35.9 Å². The molecule has 4 nitrogen and oxygen atoms in total. The summed E-state index contributed by atoms with van der Waals surface area (Å²) in [6, 6.07) is 12.5. The van der Waals surface area contributed by atoms with E-state index in [1.165, 1.54) is 0 Å². The summed E-state index contributed by atoms with van der Waals surface area (Å²) in [5, 5.41) is 2.29. The third-order valence-corrected chi connectivity index (χ3v) is 4.15. The maximum Gasteiger partial charge on any atom is 0.494 e. The first-order chi connectivity index (χ1) is 10.9. The summed E-state index contributed by atoms with van der Waals surface area (Å²) in [4.78, 5) is 0. The highest BCUT2D eigenvalue weighted by molar-refractivity contribution is 6.68. The first-order valence-corrected chi connectivity index (χ1v) is 7.91. The highest BCUT2D eigenvalue weighted by Crippen LogP contribution is 2.15. The molecular weight excluding hydrogens is 278 g/mol. The van der Waals surface area contributed by atoms with Crippen LogP contribution in [0.2, 0.25) is 0 Å². The monoisotopic (exact) mass is 296 g/mol. The Bertz CT molecular complexity index is 595. The van der Waals surface area contributed by atoms with Crippen molar-refractivity contribution in [1.29, 1.82) is 0 Å². The summed E-state index contributed by atoms with van der Waals surface area (Å²) < 4.78 is 23.1. The van der Waals surface area contributed by atoms with E-state index >= 15 is 0 Å². The smallest absolute Gasteiger partial charge is 0.407 e. The summed E-state index contributed by atoms with van der Waals surface area (Å²) >= 11 is 0. The van der Waals surface area contributed by atoms with Crippen molar-refractivity contribution in [3.8, 4) is 0 Å². The average Bonchev–Trinajstić information content (AvgIpc) is 2.62. The first-order valence-electron chi connectivity index (χ1n) is 7.91. The molecule has 6 heteroatoms. The Morgan fingerprint density at radius 3 is 1.41 bits per heavy atom. The van der Waals surface area contributed by atoms with Gasteiger partial charge in [0.15, 0.2) is 0 Å². The van der Waals surface area contributed by atoms with Gasteiger partial charge in [-0.15, -0.1) is 0 Å². The van der Waals surface area contributed by atoms with Crippen molar-refractivity contribution in [2.45, 2.75) is 12.8 Å². The van der Waals surface area contributed by atoms with Crippen molar-refractivity contribution in [2.75, 3.05) is 26.4 Å². The lowest BCUT2D eigenvalue weighted by atomic mass is 9.69. The lowest BCUT2D eigenvalue weighted by molar-refractivity contribution is 0.143. The Hall–Kier alpha value is -1.33. The van der Waals surface area contributed by atoms with Gasteiger partial charge in [-0.05, 0) is 34.5 Å².